The van der Waals surface area contributed by atoms with Crippen LogP contribution >= 0.6 is 0 Å². The van der Waals surface area contributed by atoms with E-state index in [1.165, 1.54) is 59.0 Å². The monoisotopic (exact) mass is 468 g/mol. The van der Waals surface area contributed by atoms with Gasteiger partial charge in [-0.15, -0.1) is 0 Å². The molecule has 3 heterocycles. The Bertz CT molecular complexity index is 1350. The van der Waals surface area contributed by atoms with Gasteiger partial charge in [0.15, 0.2) is 0 Å². The lowest BCUT2D eigenvalue weighted by molar-refractivity contribution is 0.208. The smallest absolute Gasteiger partial charge is 0.123 e. The van der Waals surface area contributed by atoms with Crippen molar-refractivity contribution in [2.75, 3.05) is 6.54 Å². The highest BCUT2D eigenvalue weighted by molar-refractivity contribution is 5.85. The lowest BCUT2D eigenvalue weighted by atomic mass is 9.94. The highest BCUT2D eigenvalue weighted by Crippen LogP contribution is 2.38. The number of hydrogen-bond donors (Lipinski definition) is 0. The Balaban J connectivity index is 1.11. The number of fused-ring (bicyclic) bond motifs is 3. The van der Waals surface area contributed by atoms with Gasteiger partial charge in [-0.3, -0.25) is 4.90 Å². The SMILES string of the molecule is Fc1ccc(C2=CC3CCC(C2)N3CCCCc2cn(-c3ccc(F)cc3)c3ccccc23)cc1. The van der Waals surface area contributed by atoms with E-state index in [4.69, 9.17) is 0 Å². The van der Waals surface area contributed by atoms with E-state index >= 15 is 0 Å². The second kappa shape index (κ2) is 9.43. The maximum atomic E-state index is 13.4. The molecule has 4 heteroatoms. The summed E-state index contributed by atoms with van der Waals surface area (Å²) in [5, 5.41) is 1.28. The number of aromatic nitrogens is 1. The maximum absolute atomic E-state index is 13.4. The zero-order chi connectivity index (χ0) is 23.8. The van der Waals surface area contributed by atoms with Gasteiger partial charge in [0.2, 0.25) is 0 Å². The van der Waals surface area contributed by atoms with Gasteiger partial charge in [0.25, 0.3) is 0 Å². The molecule has 2 bridgehead atoms. The van der Waals surface area contributed by atoms with Gasteiger partial charge >= 0.3 is 0 Å². The minimum atomic E-state index is -0.211. The fourth-order valence-electron chi connectivity index (χ4n) is 6.02. The van der Waals surface area contributed by atoms with Crippen LogP contribution in [0.1, 0.15) is 43.2 Å². The molecule has 1 fully saturated rings. The van der Waals surface area contributed by atoms with E-state index in [2.05, 4.69) is 46.0 Å². The lowest BCUT2D eigenvalue weighted by Crippen LogP contribution is -2.39. The first-order valence-corrected chi connectivity index (χ1v) is 12.7. The van der Waals surface area contributed by atoms with Crippen LogP contribution in [0.15, 0.2) is 85.1 Å². The minimum absolute atomic E-state index is 0.171. The Morgan fingerprint density at radius 2 is 1.54 bits per heavy atom. The van der Waals surface area contributed by atoms with Crippen molar-refractivity contribution >= 4 is 16.5 Å². The Morgan fingerprint density at radius 3 is 2.31 bits per heavy atom. The van der Waals surface area contributed by atoms with Gasteiger partial charge in [0.1, 0.15) is 11.6 Å². The molecule has 3 aromatic carbocycles. The van der Waals surface area contributed by atoms with Crippen molar-refractivity contribution in [2.45, 2.75) is 50.6 Å². The van der Waals surface area contributed by atoms with E-state index in [0.717, 1.165) is 31.5 Å². The van der Waals surface area contributed by atoms with Gasteiger partial charge < -0.3 is 4.57 Å². The minimum Gasteiger partial charge on any atom is -0.316 e. The summed E-state index contributed by atoms with van der Waals surface area (Å²) in [5.41, 5.74) is 6.05. The second-order valence-electron chi connectivity index (χ2n) is 9.91. The van der Waals surface area contributed by atoms with Crippen LogP contribution in [-0.4, -0.2) is 28.1 Å². The summed E-state index contributed by atoms with van der Waals surface area (Å²) in [7, 11) is 0. The molecule has 0 saturated carbocycles. The zero-order valence-corrected chi connectivity index (χ0v) is 19.8. The Morgan fingerprint density at radius 1 is 0.800 bits per heavy atom. The number of nitrogens with zero attached hydrogens (tertiary/aromatic N) is 2. The van der Waals surface area contributed by atoms with E-state index < -0.39 is 0 Å². The van der Waals surface area contributed by atoms with E-state index in [9.17, 15) is 8.78 Å². The molecule has 6 rings (SSSR count). The first kappa shape index (κ1) is 22.2. The van der Waals surface area contributed by atoms with Crippen LogP contribution in [0.4, 0.5) is 8.78 Å². The third-order valence-electron chi connectivity index (χ3n) is 7.77. The fourth-order valence-corrected chi connectivity index (χ4v) is 6.02. The van der Waals surface area contributed by atoms with Crippen molar-refractivity contribution in [1.29, 1.82) is 0 Å². The molecule has 1 aromatic heterocycles. The van der Waals surface area contributed by atoms with E-state index in [1.54, 1.807) is 12.1 Å². The zero-order valence-electron chi connectivity index (χ0n) is 19.8. The number of rotatable bonds is 7. The molecule has 0 N–H and O–H groups in total. The summed E-state index contributed by atoms with van der Waals surface area (Å²) in [6, 6.07) is 23.3. The standard InChI is InChI=1S/C31H30F2N2/c32-25-10-8-22(9-11-25)24-19-28-16-17-29(20-24)34(28)18-4-3-5-23-21-35(27-14-12-26(33)13-15-27)31-7-2-1-6-30(23)31/h1-2,6-15,19,21,28-29H,3-5,16-18,20H2. The molecule has 2 nitrogen and oxygen atoms in total. The molecule has 2 atom stereocenters. The number of halogens is 2. The lowest BCUT2D eigenvalue weighted by Gasteiger charge is -2.34. The molecule has 2 unspecified atom stereocenters. The Hall–Kier alpha value is -3.24. The van der Waals surface area contributed by atoms with Gasteiger partial charge in [0.05, 0.1) is 5.52 Å². The quantitative estimate of drug-likeness (QED) is 0.254. The van der Waals surface area contributed by atoms with Crippen molar-refractivity contribution < 1.29 is 8.78 Å². The van der Waals surface area contributed by atoms with Gasteiger partial charge in [-0.1, -0.05) is 36.4 Å². The average Bonchev–Trinajstić information content (AvgIpc) is 3.35. The molecule has 178 valence electrons. The number of hydrogen-bond acceptors (Lipinski definition) is 1. The number of para-hydroxylation sites is 1. The van der Waals surface area contributed by atoms with Crippen LogP contribution in [-0.2, 0) is 6.42 Å². The van der Waals surface area contributed by atoms with Crippen LogP contribution < -0.4 is 0 Å². The molecule has 2 aliphatic rings. The summed E-state index contributed by atoms with van der Waals surface area (Å²) >= 11 is 0. The highest BCUT2D eigenvalue weighted by Gasteiger charge is 2.36. The normalized spacial score (nSPS) is 19.9. The number of aryl methyl sites for hydroxylation is 1. The number of unbranched alkanes of at least 4 members (excludes halogenated alkanes) is 1. The van der Waals surface area contributed by atoms with Crippen LogP contribution in [0, 0.1) is 11.6 Å². The van der Waals surface area contributed by atoms with Crippen molar-refractivity contribution in [1.82, 2.24) is 9.47 Å². The topological polar surface area (TPSA) is 8.17 Å². The largest absolute Gasteiger partial charge is 0.316 e. The summed E-state index contributed by atoms with van der Waals surface area (Å²) in [5.74, 6) is -0.382. The third-order valence-corrected chi connectivity index (χ3v) is 7.77. The molecular formula is C31H30F2N2. The van der Waals surface area contributed by atoms with E-state index in [-0.39, 0.29) is 11.6 Å². The third kappa shape index (κ3) is 4.43. The van der Waals surface area contributed by atoms with Crippen LogP contribution in [0.5, 0.6) is 0 Å². The van der Waals surface area contributed by atoms with Crippen LogP contribution in [0.2, 0.25) is 0 Å². The molecule has 0 spiro atoms. The second-order valence-corrected chi connectivity index (χ2v) is 9.91. The average molecular weight is 469 g/mol. The highest BCUT2D eigenvalue weighted by atomic mass is 19.1. The summed E-state index contributed by atoms with van der Waals surface area (Å²) in [6.07, 6.45) is 11.5. The van der Waals surface area contributed by atoms with Crippen molar-refractivity contribution in [3.63, 3.8) is 0 Å². The molecular weight excluding hydrogens is 438 g/mol. The van der Waals surface area contributed by atoms with Crippen LogP contribution in [0.3, 0.4) is 0 Å². The Labute approximate surface area is 205 Å². The van der Waals surface area contributed by atoms with Gasteiger partial charge in [-0.25, -0.2) is 8.78 Å². The molecule has 0 amide bonds. The molecule has 1 saturated heterocycles. The summed E-state index contributed by atoms with van der Waals surface area (Å²) in [6.45, 7) is 1.12. The van der Waals surface area contributed by atoms with Gasteiger partial charge in [-0.05, 0) is 104 Å². The first-order chi connectivity index (χ1) is 17.2. The van der Waals surface area contributed by atoms with E-state index in [0.29, 0.717) is 12.1 Å². The summed E-state index contributed by atoms with van der Waals surface area (Å²) < 4.78 is 28.9. The predicted octanol–water partition coefficient (Wildman–Crippen LogP) is 7.55. The Kier molecular flexibility index (Phi) is 5.99. The molecule has 4 aromatic rings. The molecule has 2 aliphatic heterocycles. The van der Waals surface area contributed by atoms with Gasteiger partial charge in [0, 0.05) is 29.4 Å². The number of benzene rings is 3. The molecule has 0 radical (unpaired) electrons. The fraction of sp³-hybridized carbons (Fsp3) is 0.290. The molecule has 35 heavy (non-hydrogen) atoms. The van der Waals surface area contributed by atoms with Gasteiger partial charge in [-0.2, -0.15) is 0 Å². The van der Waals surface area contributed by atoms with Crippen LogP contribution in [0.25, 0.3) is 22.2 Å². The summed E-state index contributed by atoms with van der Waals surface area (Å²) in [4.78, 5) is 2.69. The van der Waals surface area contributed by atoms with Crippen molar-refractivity contribution in [2.24, 2.45) is 0 Å². The maximum Gasteiger partial charge on any atom is 0.123 e. The first-order valence-electron chi connectivity index (χ1n) is 12.7. The van der Waals surface area contributed by atoms with E-state index in [1.807, 2.05) is 24.3 Å². The molecule has 0 aliphatic carbocycles. The van der Waals surface area contributed by atoms with Crippen molar-refractivity contribution in [3.8, 4) is 5.69 Å². The van der Waals surface area contributed by atoms with Crippen molar-refractivity contribution in [3.05, 3.63) is 108 Å². The predicted molar refractivity (Wildman–Crippen MR) is 139 cm³/mol.